The number of benzene rings is 3. The molecule has 0 aliphatic rings. The largest absolute Gasteiger partial charge is 0.0837 e. The fourth-order valence-electron chi connectivity index (χ4n) is 2.33. The van der Waals surface area contributed by atoms with E-state index in [4.69, 9.17) is 18.5 Å². The maximum absolute atomic E-state index is 8.24. The van der Waals surface area contributed by atoms with Crippen LogP contribution in [0.3, 0.4) is 0 Å². The normalized spacial score (nSPS) is 14.6. The molecule has 0 saturated carbocycles. The smallest absolute Gasteiger partial charge is 0.0629 e. The van der Waals surface area contributed by atoms with Gasteiger partial charge in [-0.2, -0.15) is 0 Å². The van der Waals surface area contributed by atoms with Crippen molar-refractivity contribution in [3.05, 3.63) is 70.6 Å². The summed E-state index contributed by atoms with van der Waals surface area (Å²) in [6, 6.07) is 6.08. The first-order chi connectivity index (χ1) is 11.2. The SMILES string of the molecule is [2H]c1c([2H])c([2H])c(-c2c(C)cc(Cl)c3cc(C)ccc23)c([2H])c1[2H]. The van der Waals surface area contributed by atoms with Crippen LogP contribution in [-0.4, -0.2) is 0 Å². The molecule has 0 aliphatic heterocycles. The highest BCUT2D eigenvalue weighted by atomic mass is 35.5. The van der Waals surface area contributed by atoms with Gasteiger partial charge in [0.15, 0.2) is 0 Å². The molecular formula is C18H15Cl. The van der Waals surface area contributed by atoms with E-state index in [2.05, 4.69) is 0 Å². The standard InChI is InChI=1S/C18H15Cl/c1-12-8-9-15-16(10-12)17(19)11-13(2)18(15)14-6-4-3-5-7-14/h3-11H,1-2H3/i3D,4D,5D,6D,7D. The summed E-state index contributed by atoms with van der Waals surface area (Å²) >= 11 is 6.36. The third-order valence-corrected chi connectivity index (χ3v) is 3.50. The van der Waals surface area contributed by atoms with Gasteiger partial charge in [0.1, 0.15) is 0 Å². The van der Waals surface area contributed by atoms with Gasteiger partial charge in [0.2, 0.25) is 0 Å². The molecular weight excluding hydrogens is 252 g/mol. The van der Waals surface area contributed by atoms with Crippen LogP contribution in [0.4, 0.5) is 0 Å². The van der Waals surface area contributed by atoms with Gasteiger partial charge in [-0.3, -0.25) is 0 Å². The Morgan fingerprint density at radius 2 is 1.68 bits per heavy atom. The summed E-state index contributed by atoms with van der Waals surface area (Å²) in [6.45, 7) is 3.79. The number of aryl methyl sites for hydroxylation is 2. The van der Waals surface area contributed by atoms with Gasteiger partial charge in [0.25, 0.3) is 0 Å². The van der Waals surface area contributed by atoms with E-state index in [9.17, 15) is 0 Å². The molecule has 0 fully saturated rings. The van der Waals surface area contributed by atoms with Gasteiger partial charge in [0.05, 0.1) is 6.85 Å². The molecule has 0 spiro atoms. The van der Waals surface area contributed by atoms with Crippen LogP contribution in [0.25, 0.3) is 21.9 Å². The van der Waals surface area contributed by atoms with E-state index in [0.717, 1.165) is 21.9 Å². The van der Waals surface area contributed by atoms with E-state index in [0.29, 0.717) is 10.6 Å². The number of fused-ring (bicyclic) bond motifs is 1. The lowest BCUT2D eigenvalue weighted by atomic mass is 9.93. The van der Waals surface area contributed by atoms with Gasteiger partial charge in [-0.05, 0) is 48.1 Å². The third kappa shape index (κ3) is 2.13. The van der Waals surface area contributed by atoms with E-state index >= 15 is 0 Å². The van der Waals surface area contributed by atoms with E-state index < -0.39 is 0 Å². The minimum Gasteiger partial charge on any atom is -0.0837 e. The average molecular weight is 272 g/mol. The minimum absolute atomic E-state index is 0.201. The summed E-state index contributed by atoms with van der Waals surface area (Å²) in [5, 5.41) is 2.18. The second-order valence-corrected chi connectivity index (χ2v) is 5.01. The molecule has 3 aromatic rings. The molecule has 0 nitrogen and oxygen atoms in total. The molecule has 0 heterocycles. The van der Waals surface area contributed by atoms with Gasteiger partial charge in [-0.25, -0.2) is 0 Å². The Labute approximate surface area is 125 Å². The van der Waals surface area contributed by atoms with Crippen molar-refractivity contribution in [2.75, 3.05) is 0 Å². The highest BCUT2D eigenvalue weighted by molar-refractivity contribution is 6.36. The Morgan fingerprint density at radius 1 is 0.947 bits per heavy atom. The third-order valence-electron chi connectivity index (χ3n) is 3.19. The highest BCUT2D eigenvalue weighted by Gasteiger charge is 2.10. The van der Waals surface area contributed by atoms with Crippen LogP contribution in [0.1, 0.15) is 18.0 Å². The van der Waals surface area contributed by atoms with E-state index in [-0.39, 0.29) is 35.8 Å². The number of rotatable bonds is 1. The summed E-state index contributed by atoms with van der Waals surface area (Å²) in [5.74, 6) is 0. The fourth-order valence-corrected chi connectivity index (χ4v) is 2.65. The van der Waals surface area contributed by atoms with Gasteiger partial charge < -0.3 is 0 Å². The molecule has 0 aromatic heterocycles. The van der Waals surface area contributed by atoms with Crippen LogP contribution in [-0.2, 0) is 0 Å². The maximum Gasteiger partial charge on any atom is 0.0629 e. The van der Waals surface area contributed by atoms with Crippen LogP contribution >= 0.6 is 11.6 Å². The first-order valence-corrected chi connectivity index (χ1v) is 6.38. The molecule has 94 valence electrons. The van der Waals surface area contributed by atoms with Crippen molar-refractivity contribution in [3.63, 3.8) is 0 Å². The first-order valence-electron chi connectivity index (χ1n) is 8.50. The van der Waals surface area contributed by atoms with E-state index in [1.165, 1.54) is 0 Å². The molecule has 0 saturated heterocycles. The monoisotopic (exact) mass is 271 g/mol. The molecule has 0 bridgehead atoms. The zero-order chi connectivity index (χ0) is 17.8. The summed E-state index contributed by atoms with van der Waals surface area (Å²) in [5.41, 5.74) is 2.66. The van der Waals surface area contributed by atoms with Crippen molar-refractivity contribution >= 4 is 22.4 Å². The van der Waals surface area contributed by atoms with Gasteiger partial charge in [-0.1, -0.05) is 59.5 Å². The van der Waals surface area contributed by atoms with E-state index in [1.807, 2.05) is 32.0 Å². The van der Waals surface area contributed by atoms with Crippen molar-refractivity contribution in [2.24, 2.45) is 0 Å². The zero-order valence-corrected chi connectivity index (χ0v) is 11.4. The first kappa shape index (κ1) is 7.72. The van der Waals surface area contributed by atoms with Crippen LogP contribution in [0.5, 0.6) is 0 Å². The fraction of sp³-hybridized carbons (Fsp3) is 0.111. The van der Waals surface area contributed by atoms with Crippen LogP contribution in [0, 0.1) is 13.8 Å². The number of hydrogen-bond donors (Lipinski definition) is 0. The lowest BCUT2D eigenvalue weighted by molar-refractivity contribution is 1.46. The minimum atomic E-state index is -0.388. The molecule has 3 aromatic carbocycles. The Balaban J connectivity index is 2.53. The summed E-state index contributed by atoms with van der Waals surface area (Å²) in [6.07, 6.45) is 0. The van der Waals surface area contributed by atoms with Gasteiger partial charge in [-0.15, -0.1) is 0 Å². The van der Waals surface area contributed by atoms with Gasteiger partial charge in [0, 0.05) is 10.4 Å². The predicted octanol–water partition coefficient (Wildman–Crippen LogP) is 5.78. The Morgan fingerprint density at radius 3 is 2.42 bits per heavy atom. The number of halogens is 1. The predicted molar refractivity (Wildman–Crippen MR) is 83.9 cm³/mol. The second-order valence-electron chi connectivity index (χ2n) is 4.60. The molecule has 0 amide bonds. The Kier molecular flexibility index (Phi) is 1.91. The van der Waals surface area contributed by atoms with Crippen molar-refractivity contribution in [2.45, 2.75) is 13.8 Å². The Hall–Kier alpha value is -1.79. The maximum atomic E-state index is 8.24. The lowest BCUT2D eigenvalue weighted by Crippen LogP contribution is -1.88. The molecule has 19 heavy (non-hydrogen) atoms. The van der Waals surface area contributed by atoms with Crippen molar-refractivity contribution in [1.29, 1.82) is 0 Å². The summed E-state index contributed by atoms with van der Waals surface area (Å²) in [4.78, 5) is 0. The second kappa shape index (κ2) is 4.71. The lowest BCUT2D eigenvalue weighted by Gasteiger charge is -2.13. The molecule has 1 heteroatoms. The molecule has 3 rings (SSSR count). The van der Waals surface area contributed by atoms with E-state index in [1.54, 1.807) is 6.07 Å². The molecule has 0 radical (unpaired) electrons. The molecule has 0 aliphatic carbocycles. The van der Waals surface area contributed by atoms with Crippen molar-refractivity contribution in [3.8, 4) is 11.1 Å². The summed E-state index contributed by atoms with van der Waals surface area (Å²) in [7, 11) is 0. The van der Waals surface area contributed by atoms with Crippen LogP contribution in [0.15, 0.2) is 54.5 Å². The van der Waals surface area contributed by atoms with Crippen LogP contribution in [0.2, 0.25) is 5.02 Å². The molecule has 0 N–H and O–H groups in total. The van der Waals surface area contributed by atoms with Crippen LogP contribution < -0.4 is 0 Å². The van der Waals surface area contributed by atoms with Gasteiger partial charge >= 0.3 is 0 Å². The summed E-state index contributed by atoms with van der Waals surface area (Å²) < 4.78 is 40.0. The number of hydrogen-bond acceptors (Lipinski definition) is 0. The van der Waals surface area contributed by atoms with Crippen molar-refractivity contribution < 1.29 is 6.85 Å². The van der Waals surface area contributed by atoms with Crippen molar-refractivity contribution in [1.82, 2.24) is 0 Å². The molecule has 0 unspecified atom stereocenters. The molecule has 0 atom stereocenters. The zero-order valence-electron chi connectivity index (χ0n) is 15.7. The Bertz CT molecular complexity index is 966. The highest BCUT2D eigenvalue weighted by Crippen LogP contribution is 2.36. The average Bonchev–Trinajstić information content (AvgIpc) is 2.54. The topological polar surface area (TPSA) is 0 Å². The quantitative estimate of drug-likeness (QED) is 0.526.